The van der Waals surface area contributed by atoms with Gasteiger partial charge < -0.3 is 0 Å². The summed E-state index contributed by atoms with van der Waals surface area (Å²) < 4.78 is 2.23. The first-order valence-corrected chi connectivity index (χ1v) is 5.76. The second-order valence-corrected chi connectivity index (χ2v) is 4.68. The van der Waals surface area contributed by atoms with Crippen LogP contribution in [0.3, 0.4) is 0 Å². The van der Waals surface area contributed by atoms with Crippen molar-refractivity contribution in [2.75, 3.05) is 0 Å². The molecule has 0 amide bonds. The van der Waals surface area contributed by atoms with Gasteiger partial charge in [0.1, 0.15) is 4.47 Å². The zero-order valence-electron chi connectivity index (χ0n) is 7.95. The standard InChI is InChI=1S/C10H13BrN2O/c11-9-6-12-7-13(10(9)14)5-4-8-2-1-3-8/h6-8H,1-5H2. The highest BCUT2D eigenvalue weighted by Gasteiger charge is 2.17. The van der Waals surface area contributed by atoms with Gasteiger partial charge in [0, 0.05) is 12.7 Å². The molecular weight excluding hydrogens is 244 g/mol. The van der Waals surface area contributed by atoms with E-state index < -0.39 is 0 Å². The van der Waals surface area contributed by atoms with E-state index in [4.69, 9.17) is 0 Å². The number of hydrogen-bond donors (Lipinski definition) is 0. The van der Waals surface area contributed by atoms with Gasteiger partial charge in [-0.15, -0.1) is 0 Å². The van der Waals surface area contributed by atoms with Crippen LogP contribution in [0.5, 0.6) is 0 Å². The smallest absolute Gasteiger partial charge is 0.267 e. The van der Waals surface area contributed by atoms with Crippen molar-refractivity contribution in [3.05, 3.63) is 27.4 Å². The monoisotopic (exact) mass is 256 g/mol. The Balaban J connectivity index is 2.01. The van der Waals surface area contributed by atoms with Crippen LogP contribution in [-0.4, -0.2) is 9.55 Å². The summed E-state index contributed by atoms with van der Waals surface area (Å²) in [6.07, 6.45) is 8.29. The summed E-state index contributed by atoms with van der Waals surface area (Å²) in [4.78, 5) is 15.5. The largest absolute Gasteiger partial charge is 0.298 e. The van der Waals surface area contributed by atoms with Crippen molar-refractivity contribution in [2.24, 2.45) is 5.92 Å². The summed E-state index contributed by atoms with van der Waals surface area (Å²) in [6, 6.07) is 0. The van der Waals surface area contributed by atoms with Gasteiger partial charge in [-0.25, -0.2) is 4.98 Å². The van der Waals surface area contributed by atoms with Gasteiger partial charge in [0.2, 0.25) is 0 Å². The highest BCUT2D eigenvalue weighted by Crippen LogP contribution is 2.29. The van der Waals surface area contributed by atoms with Crippen LogP contribution in [0.2, 0.25) is 0 Å². The molecule has 1 fully saturated rings. The number of hydrogen-bond acceptors (Lipinski definition) is 2. The molecule has 14 heavy (non-hydrogen) atoms. The van der Waals surface area contributed by atoms with Crippen molar-refractivity contribution in [3.8, 4) is 0 Å². The fourth-order valence-corrected chi connectivity index (χ4v) is 2.03. The minimum atomic E-state index is 0.0272. The zero-order chi connectivity index (χ0) is 9.97. The molecule has 0 radical (unpaired) electrons. The lowest BCUT2D eigenvalue weighted by atomic mass is 9.83. The van der Waals surface area contributed by atoms with Crippen molar-refractivity contribution in [1.82, 2.24) is 9.55 Å². The van der Waals surface area contributed by atoms with E-state index in [9.17, 15) is 4.79 Å². The van der Waals surface area contributed by atoms with Gasteiger partial charge in [-0.2, -0.15) is 0 Å². The molecule has 0 aliphatic heterocycles. The van der Waals surface area contributed by atoms with E-state index >= 15 is 0 Å². The second-order valence-electron chi connectivity index (χ2n) is 3.83. The maximum atomic E-state index is 11.6. The molecule has 1 aromatic heterocycles. The summed E-state index contributed by atoms with van der Waals surface area (Å²) in [5.74, 6) is 0.834. The van der Waals surface area contributed by atoms with Crippen molar-refractivity contribution in [2.45, 2.75) is 32.2 Å². The van der Waals surface area contributed by atoms with E-state index in [-0.39, 0.29) is 5.56 Å². The summed E-state index contributed by atoms with van der Waals surface area (Å²) in [6.45, 7) is 0.802. The SMILES string of the molecule is O=c1c(Br)cncn1CCC1CCC1. The molecule has 1 aromatic rings. The Morgan fingerprint density at radius 3 is 3.00 bits per heavy atom. The molecule has 1 aliphatic rings. The third kappa shape index (κ3) is 2.05. The third-order valence-corrected chi connectivity index (χ3v) is 3.41. The van der Waals surface area contributed by atoms with E-state index in [1.165, 1.54) is 19.3 Å². The minimum Gasteiger partial charge on any atom is -0.298 e. The van der Waals surface area contributed by atoms with Crippen molar-refractivity contribution in [1.29, 1.82) is 0 Å². The molecule has 4 heteroatoms. The van der Waals surface area contributed by atoms with Gasteiger partial charge in [0.15, 0.2) is 0 Å². The van der Waals surface area contributed by atoms with Crippen molar-refractivity contribution < 1.29 is 0 Å². The van der Waals surface area contributed by atoms with Gasteiger partial charge in [-0.05, 0) is 28.3 Å². The minimum absolute atomic E-state index is 0.0272. The molecule has 0 spiro atoms. The lowest BCUT2D eigenvalue weighted by Gasteiger charge is -2.25. The highest BCUT2D eigenvalue weighted by atomic mass is 79.9. The van der Waals surface area contributed by atoms with Gasteiger partial charge in [0.05, 0.1) is 6.33 Å². The van der Waals surface area contributed by atoms with Crippen LogP contribution in [0.4, 0.5) is 0 Å². The zero-order valence-corrected chi connectivity index (χ0v) is 9.53. The fourth-order valence-electron chi connectivity index (χ4n) is 1.69. The molecule has 0 unspecified atom stereocenters. The molecule has 0 aromatic carbocycles. The Labute approximate surface area is 91.3 Å². The molecule has 1 heterocycles. The van der Waals surface area contributed by atoms with E-state index in [2.05, 4.69) is 20.9 Å². The number of aryl methyl sites for hydroxylation is 1. The number of nitrogens with zero attached hydrogens (tertiary/aromatic N) is 2. The summed E-state index contributed by atoms with van der Waals surface area (Å²) in [7, 11) is 0. The Bertz CT molecular complexity index is 371. The Morgan fingerprint density at radius 2 is 2.36 bits per heavy atom. The Hall–Kier alpha value is -0.640. The lowest BCUT2D eigenvalue weighted by molar-refractivity contribution is 0.280. The normalized spacial score (nSPS) is 16.6. The van der Waals surface area contributed by atoms with Crippen LogP contribution in [-0.2, 0) is 6.54 Å². The molecule has 0 bridgehead atoms. The van der Waals surface area contributed by atoms with Crippen LogP contribution >= 0.6 is 15.9 Å². The van der Waals surface area contributed by atoms with Crippen LogP contribution in [0.15, 0.2) is 21.8 Å². The second kappa shape index (κ2) is 4.26. The first kappa shape index (κ1) is 9.90. The summed E-state index contributed by atoms with van der Waals surface area (Å²) in [5.41, 5.74) is 0.0272. The average molecular weight is 257 g/mol. The van der Waals surface area contributed by atoms with Gasteiger partial charge in [0.25, 0.3) is 5.56 Å². The van der Waals surface area contributed by atoms with Gasteiger partial charge in [-0.3, -0.25) is 9.36 Å². The molecule has 3 nitrogen and oxygen atoms in total. The molecule has 0 N–H and O–H groups in total. The number of aromatic nitrogens is 2. The molecule has 76 valence electrons. The van der Waals surface area contributed by atoms with E-state index in [1.54, 1.807) is 17.1 Å². The van der Waals surface area contributed by atoms with Crippen LogP contribution in [0, 0.1) is 5.92 Å². The molecule has 2 rings (SSSR count). The third-order valence-electron chi connectivity index (χ3n) is 2.86. The van der Waals surface area contributed by atoms with Crippen LogP contribution in [0.1, 0.15) is 25.7 Å². The molecule has 0 atom stereocenters. The predicted molar refractivity (Wildman–Crippen MR) is 58.2 cm³/mol. The maximum Gasteiger partial charge on any atom is 0.267 e. The fraction of sp³-hybridized carbons (Fsp3) is 0.600. The Kier molecular flexibility index (Phi) is 3.01. The maximum absolute atomic E-state index is 11.6. The lowest BCUT2D eigenvalue weighted by Crippen LogP contribution is -2.23. The van der Waals surface area contributed by atoms with Crippen molar-refractivity contribution >= 4 is 15.9 Å². The average Bonchev–Trinajstić information content (AvgIpc) is 2.09. The van der Waals surface area contributed by atoms with Crippen LogP contribution < -0.4 is 5.56 Å². The van der Waals surface area contributed by atoms with Gasteiger partial charge >= 0.3 is 0 Å². The van der Waals surface area contributed by atoms with Crippen molar-refractivity contribution in [3.63, 3.8) is 0 Å². The first-order chi connectivity index (χ1) is 6.77. The van der Waals surface area contributed by atoms with Crippen LogP contribution in [0.25, 0.3) is 0 Å². The van der Waals surface area contributed by atoms with E-state index in [0.717, 1.165) is 18.9 Å². The summed E-state index contributed by atoms with van der Waals surface area (Å²) >= 11 is 3.19. The molecular formula is C10H13BrN2O. The number of halogens is 1. The van der Waals surface area contributed by atoms with Gasteiger partial charge in [-0.1, -0.05) is 19.3 Å². The highest BCUT2D eigenvalue weighted by molar-refractivity contribution is 9.10. The molecule has 1 saturated carbocycles. The quantitative estimate of drug-likeness (QED) is 0.831. The number of rotatable bonds is 3. The Morgan fingerprint density at radius 1 is 1.57 bits per heavy atom. The van der Waals surface area contributed by atoms with E-state index in [1.807, 2.05) is 0 Å². The molecule has 0 saturated heterocycles. The first-order valence-electron chi connectivity index (χ1n) is 4.97. The predicted octanol–water partition coefficient (Wildman–Crippen LogP) is 2.20. The summed E-state index contributed by atoms with van der Waals surface area (Å²) in [5, 5.41) is 0. The van der Waals surface area contributed by atoms with E-state index in [0.29, 0.717) is 4.47 Å². The topological polar surface area (TPSA) is 34.9 Å². The molecule has 1 aliphatic carbocycles.